The Morgan fingerprint density at radius 2 is 1.68 bits per heavy atom. The van der Waals surface area contributed by atoms with Gasteiger partial charge in [-0.15, -0.1) is 0 Å². The van der Waals surface area contributed by atoms with E-state index in [2.05, 4.69) is 6.58 Å². The number of aliphatic hydroxyl groups excluding tert-OH is 1. The molecule has 34 heavy (non-hydrogen) atoms. The van der Waals surface area contributed by atoms with Crippen LogP contribution in [0.1, 0.15) is 67.7 Å². The molecule has 4 rings (SSSR count). The highest BCUT2D eigenvalue weighted by atomic mass is 16.6. The number of allylic oxidation sites excluding steroid dienone is 1. The van der Waals surface area contributed by atoms with Gasteiger partial charge in [-0.2, -0.15) is 0 Å². The fourth-order valence-corrected chi connectivity index (χ4v) is 8.15. The Balaban J connectivity index is 1.98. The summed E-state index contributed by atoms with van der Waals surface area (Å²) in [6.07, 6.45) is -2.31. The summed E-state index contributed by atoms with van der Waals surface area (Å²) in [6.45, 7) is 16.3. The molecule has 0 aromatic carbocycles. The first-order valence-corrected chi connectivity index (χ1v) is 12.0. The fraction of sp³-hybridized carbons (Fsp3) is 0.769. The number of hydrogen-bond donors (Lipinski definition) is 1. The van der Waals surface area contributed by atoms with Crippen LogP contribution in [0.2, 0.25) is 0 Å². The van der Waals surface area contributed by atoms with E-state index in [0.717, 1.165) is 0 Å². The molecular formula is C26H36O8. The van der Waals surface area contributed by atoms with E-state index in [1.807, 2.05) is 13.8 Å². The number of ketones is 1. The number of fused-ring (bicyclic) bond motifs is 5. The van der Waals surface area contributed by atoms with Crippen LogP contribution in [0, 0.1) is 34.0 Å². The number of Topliss-reactive ketones (excluding diaryl/α,β-unsaturated/α-hetero) is 1. The smallest absolute Gasteiger partial charge is 0.311 e. The Bertz CT molecular complexity index is 983. The summed E-state index contributed by atoms with van der Waals surface area (Å²) in [5.74, 6) is -3.53. The van der Waals surface area contributed by atoms with Gasteiger partial charge < -0.3 is 19.3 Å². The minimum Gasteiger partial charge on any atom is -0.462 e. The van der Waals surface area contributed by atoms with Gasteiger partial charge >= 0.3 is 17.9 Å². The minimum atomic E-state index is -1.20. The van der Waals surface area contributed by atoms with Crippen LogP contribution in [0.15, 0.2) is 12.2 Å². The van der Waals surface area contributed by atoms with E-state index in [0.29, 0.717) is 12.0 Å². The number of aliphatic hydroxyl groups is 1. The first-order valence-electron chi connectivity index (χ1n) is 12.0. The SMILES string of the molecule is C=C1C[C@H]2[C@](C)([C@@H](OC(C)=O)C[C@H]3C(C)(C)OC(=O)C[C@@H](O)[C@@]23C)[C@@H]2C(=O)O[C@@H](C)C(=O)[C@@]12C. The Kier molecular flexibility index (Phi) is 5.41. The maximum Gasteiger partial charge on any atom is 0.311 e. The van der Waals surface area contributed by atoms with E-state index in [4.69, 9.17) is 14.2 Å². The third-order valence-corrected chi connectivity index (χ3v) is 9.79. The molecule has 4 aliphatic rings. The fourth-order valence-electron chi connectivity index (χ4n) is 8.15. The summed E-state index contributed by atoms with van der Waals surface area (Å²) in [7, 11) is 0. The second kappa shape index (κ2) is 7.39. The van der Waals surface area contributed by atoms with Crippen molar-refractivity contribution >= 4 is 23.7 Å². The summed E-state index contributed by atoms with van der Waals surface area (Å²) < 4.78 is 17.2. The van der Waals surface area contributed by atoms with Crippen molar-refractivity contribution in [2.24, 2.45) is 34.0 Å². The molecule has 188 valence electrons. The minimum absolute atomic E-state index is 0.184. The molecule has 9 atom stereocenters. The Labute approximate surface area is 200 Å². The number of hydrogen-bond acceptors (Lipinski definition) is 8. The van der Waals surface area contributed by atoms with Crippen molar-refractivity contribution in [3.05, 3.63) is 12.2 Å². The molecule has 2 heterocycles. The van der Waals surface area contributed by atoms with Crippen molar-refractivity contribution in [3.8, 4) is 0 Å². The van der Waals surface area contributed by atoms with Gasteiger partial charge in [0.25, 0.3) is 0 Å². The zero-order chi connectivity index (χ0) is 25.6. The number of cyclic esters (lactones) is 2. The molecule has 0 aromatic rings. The molecule has 0 aromatic heterocycles. The standard InChI is InChI=1S/C26H36O8/c1-12-9-16-25(7)15(23(4,5)34-19(29)11-17(25)28)10-18(33-14(3)27)26(16,8)20-22(31)32-13(2)21(30)24(12,20)6/h13,15-18,20,28H,1,9-11H2,2-8H3/t13-,15-,16+,17+,18-,20+,24-,25+,26+/m0/s1. The van der Waals surface area contributed by atoms with Gasteiger partial charge in [0.1, 0.15) is 11.7 Å². The number of esters is 3. The highest BCUT2D eigenvalue weighted by molar-refractivity contribution is 6.00. The first kappa shape index (κ1) is 24.9. The first-order chi connectivity index (χ1) is 15.5. The molecule has 2 aliphatic heterocycles. The topological polar surface area (TPSA) is 116 Å². The molecule has 2 saturated heterocycles. The van der Waals surface area contributed by atoms with E-state index in [9.17, 15) is 24.3 Å². The highest BCUT2D eigenvalue weighted by Gasteiger charge is 2.75. The van der Waals surface area contributed by atoms with Crippen LogP contribution in [0.4, 0.5) is 0 Å². The lowest BCUT2D eigenvalue weighted by atomic mass is 9.36. The summed E-state index contributed by atoms with van der Waals surface area (Å²) in [5, 5.41) is 11.5. The van der Waals surface area contributed by atoms with E-state index in [1.165, 1.54) is 6.92 Å². The maximum atomic E-state index is 13.5. The van der Waals surface area contributed by atoms with E-state index < -0.39 is 69.9 Å². The van der Waals surface area contributed by atoms with E-state index in [1.54, 1.807) is 27.7 Å². The quantitative estimate of drug-likeness (QED) is 0.349. The molecule has 0 radical (unpaired) electrons. The number of ether oxygens (including phenoxy) is 3. The molecule has 8 heteroatoms. The predicted molar refractivity (Wildman–Crippen MR) is 120 cm³/mol. The number of rotatable bonds is 1. The number of carbonyl (C=O) groups is 4. The molecular weight excluding hydrogens is 440 g/mol. The van der Waals surface area contributed by atoms with E-state index in [-0.39, 0.29) is 24.5 Å². The highest BCUT2D eigenvalue weighted by Crippen LogP contribution is 2.71. The van der Waals surface area contributed by atoms with Gasteiger partial charge in [-0.25, -0.2) is 0 Å². The zero-order valence-electron chi connectivity index (χ0n) is 21.1. The van der Waals surface area contributed by atoms with Gasteiger partial charge in [-0.05, 0) is 46.5 Å². The Morgan fingerprint density at radius 1 is 1.06 bits per heavy atom. The van der Waals surface area contributed by atoms with Crippen LogP contribution in [-0.4, -0.2) is 52.7 Å². The van der Waals surface area contributed by atoms with Crippen LogP contribution < -0.4 is 0 Å². The molecule has 0 spiro atoms. The third-order valence-electron chi connectivity index (χ3n) is 9.79. The Morgan fingerprint density at radius 3 is 2.26 bits per heavy atom. The van der Waals surface area contributed by atoms with Gasteiger partial charge in [0.15, 0.2) is 11.9 Å². The number of carbonyl (C=O) groups excluding carboxylic acids is 4. The van der Waals surface area contributed by atoms with Crippen LogP contribution in [0.25, 0.3) is 0 Å². The van der Waals surface area contributed by atoms with Crippen LogP contribution in [0.3, 0.4) is 0 Å². The second-order valence-corrected chi connectivity index (χ2v) is 11.9. The normalized spacial score (nSPS) is 47.9. The van der Waals surface area contributed by atoms with Gasteiger partial charge in [-0.3, -0.25) is 19.2 Å². The lowest BCUT2D eigenvalue weighted by molar-refractivity contribution is -0.255. The molecule has 0 unspecified atom stereocenters. The van der Waals surface area contributed by atoms with Gasteiger partial charge in [0.2, 0.25) is 0 Å². The van der Waals surface area contributed by atoms with Crippen LogP contribution >= 0.6 is 0 Å². The summed E-state index contributed by atoms with van der Waals surface area (Å²) in [6, 6.07) is 0. The van der Waals surface area contributed by atoms with Crippen LogP contribution in [-0.2, 0) is 33.4 Å². The van der Waals surface area contributed by atoms with Crippen molar-refractivity contribution in [1.82, 2.24) is 0 Å². The molecule has 2 aliphatic carbocycles. The molecule has 0 bridgehead atoms. The molecule has 2 saturated carbocycles. The van der Waals surface area contributed by atoms with Crippen molar-refractivity contribution in [2.45, 2.75) is 91.6 Å². The summed E-state index contributed by atoms with van der Waals surface area (Å²) >= 11 is 0. The molecule has 0 amide bonds. The van der Waals surface area contributed by atoms with E-state index >= 15 is 0 Å². The largest absolute Gasteiger partial charge is 0.462 e. The molecule has 4 fully saturated rings. The van der Waals surface area contributed by atoms with Gasteiger partial charge in [0.05, 0.1) is 23.9 Å². The monoisotopic (exact) mass is 476 g/mol. The second-order valence-electron chi connectivity index (χ2n) is 11.9. The Hall–Kier alpha value is -2.22. The lowest BCUT2D eigenvalue weighted by Gasteiger charge is -2.68. The van der Waals surface area contributed by atoms with Crippen molar-refractivity contribution in [1.29, 1.82) is 0 Å². The summed E-state index contributed by atoms with van der Waals surface area (Å²) in [4.78, 5) is 51.8. The average Bonchev–Trinajstić information content (AvgIpc) is 2.75. The summed E-state index contributed by atoms with van der Waals surface area (Å²) in [5.41, 5.74) is -3.50. The van der Waals surface area contributed by atoms with Gasteiger partial charge in [-0.1, -0.05) is 26.0 Å². The maximum absolute atomic E-state index is 13.5. The predicted octanol–water partition coefficient (Wildman–Crippen LogP) is 2.75. The lowest BCUT2D eigenvalue weighted by Crippen LogP contribution is -2.72. The molecule has 1 N–H and O–H groups in total. The van der Waals surface area contributed by atoms with Crippen molar-refractivity contribution in [3.63, 3.8) is 0 Å². The third kappa shape index (κ3) is 2.99. The van der Waals surface area contributed by atoms with Crippen molar-refractivity contribution < 1.29 is 38.5 Å². The average molecular weight is 477 g/mol. The molecule has 8 nitrogen and oxygen atoms in total. The van der Waals surface area contributed by atoms with Crippen molar-refractivity contribution in [2.75, 3.05) is 0 Å². The zero-order valence-corrected chi connectivity index (χ0v) is 21.1. The van der Waals surface area contributed by atoms with Crippen LogP contribution in [0.5, 0.6) is 0 Å². The van der Waals surface area contributed by atoms with Gasteiger partial charge in [0, 0.05) is 23.7 Å².